The molecular weight excluding hydrogens is 342 g/mol. The third-order valence-electron chi connectivity index (χ3n) is 4.16. The van der Waals surface area contributed by atoms with Gasteiger partial charge in [0.1, 0.15) is 17.2 Å². The molecule has 3 aromatic rings. The van der Waals surface area contributed by atoms with Crippen molar-refractivity contribution < 1.29 is 34.5 Å². The van der Waals surface area contributed by atoms with E-state index in [1.165, 1.54) is 27.4 Å². The van der Waals surface area contributed by atoms with E-state index in [0.717, 1.165) is 6.07 Å². The minimum absolute atomic E-state index is 0.0328. The van der Waals surface area contributed by atoms with Crippen LogP contribution >= 0.6 is 0 Å². The van der Waals surface area contributed by atoms with Crippen LogP contribution in [0.1, 0.15) is 10.4 Å². The van der Waals surface area contributed by atoms with Crippen LogP contribution in [0.3, 0.4) is 0 Å². The molecule has 3 rings (SSSR count). The Bertz CT molecular complexity index is 1010. The number of ether oxygens (including phenoxy) is 3. The minimum atomic E-state index is -0.792. The number of nitrogens with zero attached hydrogens (tertiary/aromatic N) is 1. The second kappa shape index (κ2) is 6.58. The summed E-state index contributed by atoms with van der Waals surface area (Å²) >= 11 is 0. The van der Waals surface area contributed by atoms with Gasteiger partial charge in [0.05, 0.1) is 26.9 Å². The SMILES string of the molecule is COC(=O)c1cc([O-])c(OC)c2c1c(N(O)O)cc1c(OC)cccc12. The van der Waals surface area contributed by atoms with Crippen LogP contribution in [0, 0.1) is 0 Å². The van der Waals surface area contributed by atoms with Crippen molar-refractivity contribution in [1.29, 1.82) is 0 Å². The number of carbonyl (C=O) groups is 1. The molecule has 2 N–H and O–H groups in total. The lowest BCUT2D eigenvalue weighted by molar-refractivity contribution is -0.269. The van der Waals surface area contributed by atoms with Crippen molar-refractivity contribution in [2.24, 2.45) is 0 Å². The van der Waals surface area contributed by atoms with E-state index in [1.807, 2.05) is 0 Å². The van der Waals surface area contributed by atoms with Gasteiger partial charge in [0.2, 0.25) is 0 Å². The highest BCUT2D eigenvalue weighted by molar-refractivity contribution is 6.22. The molecule has 0 aromatic heterocycles. The number of anilines is 1. The molecule has 0 fully saturated rings. The van der Waals surface area contributed by atoms with E-state index in [2.05, 4.69) is 0 Å². The van der Waals surface area contributed by atoms with Crippen LogP contribution in [0.15, 0.2) is 30.3 Å². The maximum atomic E-state index is 12.5. The highest BCUT2D eigenvalue weighted by Crippen LogP contribution is 2.46. The predicted octanol–water partition coefficient (Wildman–Crippen LogP) is 2.46. The molecule has 0 radical (unpaired) electrons. The summed E-state index contributed by atoms with van der Waals surface area (Å²) in [4.78, 5) is 12.2. The highest BCUT2D eigenvalue weighted by atomic mass is 16.8. The molecule has 0 heterocycles. The number of benzene rings is 3. The normalized spacial score (nSPS) is 10.8. The molecule has 0 saturated heterocycles. The summed E-state index contributed by atoms with van der Waals surface area (Å²) in [5.74, 6) is -0.913. The van der Waals surface area contributed by atoms with E-state index >= 15 is 0 Å². The Labute approximate surface area is 148 Å². The van der Waals surface area contributed by atoms with Gasteiger partial charge in [-0.1, -0.05) is 23.9 Å². The van der Waals surface area contributed by atoms with Crippen molar-refractivity contribution in [1.82, 2.24) is 0 Å². The molecule has 0 atom stereocenters. The predicted molar refractivity (Wildman–Crippen MR) is 91.4 cm³/mol. The average Bonchev–Trinajstić information content (AvgIpc) is 2.65. The highest BCUT2D eigenvalue weighted by Gasteiger charge is 2.23. The zero-order valence-corrected chi connectivity index (χ0v) is 14.3. The average molecular weight is 358 g/mol. The molecule has 0 amide bonds. The summed E-state index contributed by atoms with van der Waals surface area (Å²) < 4.78 is 15.3. The Morgan fingerprint density at radius 2 is 1.77 bits per heavy atom. The van der Waals surface area contributed by atoms with Crippen LogP contribution in [0.4, 0.5) is 5.69 Å². The molecule has 26 heavy (non-hydrogen) atoms. The fourth-order valence-corrected chi connectivity index (χ4v) is 3.09. The monoisotopic (exact) mass is 358 g/mol. The standard InChI is InChI=1S/C18H17NO7/c1-24-14-6-4-5-9-10(14)7-12(19(22)23)15-11(18(21)26-3)8-13(20)17(25-2)16(9)15/h4-8,20,22-23H,1-3H3/p-1. The van der Waals surface area contributed by atoms with Crippen LogP contribution < -0.4 is 19.8 Å². The quantitative estimate of drug-likeness (QED) is 0.416. The van der Waals surface area contributed by atoms with Crippen LogP contribution in [-0.2, 0) is 4.74 Å². The summed E-state index contributed by atoms with van der Waals surface area (Å²) in [6, 6.07) is 7.60. The molecule has 0 saturated carbocycles. The summed E-state index contributed by atoms with van der Waals surface area (Å²) in [6.45, 7) is 0. The molecule has 0 aliphatic carbocycles. The molecular formula is C18H16NO7-. The van der Waals surface area contributed by atoms with E-state index in [1.54, 1.807) is 18.2 Å². The smallest absolute Gasteiger partial charge is 0.338 e. The lowest BCUT2D eigenvalue weighted by Gasteiger charge is -2.22. The molecule has 0 aliphatic rings. The lowest BCUT2D eigenvalue weighted by atomic mass is 9.94. The maximum Gasteiger partial charge on any atom is 0.338 e. The van der Waals surface area contributed by atoms with Crippen molar-refractivity contribution in [3.63, 3.8) is 0 Å². The lowest BCUT2D eigenvalue weighted by Crippen LogP contribution is -2.14. The van der Waals surface area contributed by atoms with Crippen LogP contribution in [0.5, 0.6) is 17.2 Å². The Kier molecular flexibility index (Phi) is 4.45. The molecule has 0 bridgehead atoms. The fraction of sp³-hybridized carbons (Fsp3) is 0.167. The summed E-state index contributed by atoms with van der Waals surface area (Å²) in [5.41, 5.74) is -0.239. The van der Waals surface area contributed by atoms with Crippen LogP contribution in [0.25, 0.3) is 21.5 Å². The zero-order chi connectivity index (χ0) is 19.0. The second-order valence-corrected chi connectivity index (χ2v) is 5.44. The molecule has 3 aromatic carbocycles. The molecule has 0 unspecified atom stereocenters. The number of hydrogen-bond acceptors (Lipinski definition) is 8. The van der Waals surface area contributed by atoms with Gasteiger partial charge in [-0.15, -0.1) is 5.23 Å². The van der Waals surface area contributed by atoms with Crippen LogP contribution in [0.2, 0.25) is 0 Å². The van der Waals surface area contributed by atoms with Gasteiger partial charge in [-0.25, -0.2) is 4.79 Å². The van der Waals surface area contributed by atoms with Crippen molar-refractivity contribution >= 4 is 33.2 Å². The van der Waals surface area contributed by atoms with Gasteiger partial charge >= 0.3 is 5.97 Å². The van der Waals surface area contributed by atoms with E-state index in [9.17, 15) is 20.3 Å². The van der Waals surface area contributed by atoms with Crippen molar-refractivity contribution in [2.45, 2.75) is 0 Å². The van der Waals surface area contributed by atoms with Gasteiger partial charge in [-0.3, -0.25) is 10.4 Å². The van der Waals surface area contributed by atoms with Crippen molar-refractivity contribution in [2.75, 3.05) is 26.6 Å². The van der Waals surface area contributed by atoms with Gasteiger partial charge in [0.15, 0.2) is 0 Å². The first-order valence-electron chi connectivity index (χ1n) is 7.52. The van der Waals surface area contributed by atoms with E-state index in [-0.39, 0.29) is 33.0 Å². The Morgan fingerprint density at radius 1 is 1.04 bits per heavy atom. The fourth-order valence-electron chi connectivity index (χ4n) is 3.09. The summed E-state index contributed by atoms with van der Waals surface area (Å²) in [5, 5.41) is 33.2. The number of hydrogen-bond donors (Lipinski definition) is 2. The number of methoxy groups -OCH3 is 3. The van der Waals surface area contributed by atoms with Crippen molar-refractivity contribution in [3.05, 3.63) is 35.9 Å². The maximum absolute atomic E-state index is 12.5. The molecule has 0 aliphatic heterocycles. The first-order valence-corrected chi connectivity index (χ1v) is 7.52. The molecule has 0 spiro atoms. The second-order valence-electron chi connectivity index (χ2n) is 5.44. The third-order valence-corrected chi connectivity index (χ3v) is 4.16. The van der Waals surface area contributed by atoms with E-state index in [4.69, 9.17) is 14.2 Å². The largest absolute Gasteiger partial charge is 0.870 e. The number of carbonyl (C=O) groups excluding carboxylic acids is 1. The molecule has 8 nitrogen and oxygen atoms in total. The van der Waals surface area contributed by atoms with Gasteiger partial charge in [0.25, 0.3) is 0 Å². The Morgan fingerprint density at radius 3 is 2.35 bits per heavy atom. The van der Waals surface area contributed by atoms with Gasteiger partial charge in [-0.05, 0) is 17.5 Å². The number of esters is 1. The summed E-state index contributed by atoms with van der Waals surface area (Å²) in [6.07, 6.45) is 0. The molecule has 136 valence electrons. The topological polar surface area (TPSA) is 112 Å². The number of rotatable bonds is 4. The van der Waals surface area contributed by atoms with Crippen molar-refractivity contribution in [3.8, 4) is 17.2 Å². The Balaban J connectivity index is 2.67. The zero-order valence-electron chi connectivity index (χ0n) is 14.3. The minimum Gasteiger partial charge on any atom is -0.870 e. The van der Waals surface area contributed by atoms with E-state index in [0.29, 0.717) is 16.5 Å². The van der Waals surface area contributed by atoms with Gasteiger partial charge in [0, 0.05) is 16.2 Å². The van der Waals surface area contributed by atoms with Crippen LogP contribution in [-0.4, -0.2) is 37.7 Å². The first-order chi connectivity index (χ1) is 12.4. The van der Waals surface area contributed by atoms with Gasteiger partial charge in [-0.2, -0.15) is 0 Å². The first kappa shape index (κ1) is 17.6. The molecule has 8 heteroatoms. The van der Waals surface area contributed by atoms with E-state index < -0.39 is 11.7 Å². The number of fused-ring (bicyclic) bond motifs is 3. The summed E-state index contributed by atoms with van der Waals surface area (Å²) in [7, 11) is 3.96. The Hall–Kier alpha value is -3.23. The van der Waals surface area contributed by atoms with Gasteiger partial charge < -0.3 is 19.3 Å². The third kappa shape index (κ3) is 2.52.